The third-order valence-electron chi connectivity index (χ3n) is 4.94. The first-order valence-corrected chi connectivity index (χ1v) is 8.76. The van der Waals surface area contributed by atoms with Crippen molar-refractivity contribution in [3.63, 3.8) is 0 Å². The lowest BCUT2D eigenvalue weighted by molar-refractivity contribution is 0.124. The number of hydrogen-bond donors (Lipinski definition) is 2. The van der Waals surface area contributed by atoms with E-state index in [9.17, 15) is 5.11 Å². The van der Waals surface area contributed by atoms with Gasteiger partial charge in [-0.2, -0.15) is 0 Å². The quantitative estimate of drug-likeness (QED) is 0.714. The van der Waals surface area contributed by atoms with E-state index in [0.29, 0.717) is 25.2 Å². The average Bonchev–Trinajstić information content (AvgIpc) is 3.03. The SMILES string of the molecule is [C-]#[N+]c1ccc(Cn2c(N3CC[C@H](O)[C@@H](N)C3)nc3ccccc32)cc1. The fourth-order valence-corrected chi connectivity index (χ4v) is 3.47. The number of nitrogens with two attached hydrogens (primary N) is 1. The van der Waals surface area contributed by atoms with Crippen molar-refractivity contribution < 1.29 is 5.11 Å². The normalized spacial score (nSPS) is 20.3. The molecule has 0 unspecified atom stereocenters. The van der Waals surface area contributed by atoms with Gasteiger partial charge in [0, 0.05) is 19.1 Å². The summed E-state index contributed by atoms with van der Waals surface area (Å²) in [6.07, 6.45) is 0.189. The molecule has 0 aliphatic carbocycles. The minimum absolute atomic E-state index is 0.269. The molecule has 1 aliphatic rings. The lowest BCUT2D eigenvalue weighted by atomic mass is 10.0. The van der Waals surface area contributed by atoms with Gasteiger partial charge in [-0.25, -0.2) is 9.83 Å². The molecule has 0 amide bonds. The molecule has 0 radical (unpaired) electrons. The van der Waals surface area contributed by atoms with Crippen LogP contribution >= 0.6 is 0 Å². The molecule has 1 aliphatic heterocycles. The van der Waals surface area contributed by atoms with Gasteiger partial charge < -0.3 is 20.3 Å². The highest BCUT2D eigenvalue weighted by Gasteiger charge is 2.28. The summed E-state index contributed by atoms with van der Waals surface area (Å²) in [5, 5.41) is 9.93. The fourth-order valence-electron chi connectivity index (χ4n) is 3.47. The monoisotopic (exact) mass is 347 g/mol. The summed E-state index contributed by atoms with van der Waals surface area (Å²) in [6, 6.07) is 15.5. The Kier molecular flexibility index (Phi) is 4.33. The van der Waals surface area contributed by atoms with Gasteiger partial charge in [-0.05, 0) is 24.1 Å². The Balaban J connectivity index is 1.73. The molecule has 26 heavy (non-hydrogen) atoms. The molecule has 2 atom stereocenters. The van der Waals surface area contributed by atoms with Gasteiger partial charge >= 0.3 is 0 Å². The highest BCUT2D eigenvalue weighted by atomic mass is 16.3. The van der Waals surface area contributed by atoms with E-state index in [0.717, 1.165) is 29.1 Å². The topological polar surface area (TPSA) is 71.7 Å². The van der Waals surface area contributed by atoms with E-state index < -0.39 is 6.10 Å². The van der Waals surface area contributed by atoms with Crippen LogP contribution in [0.15, 0.2) is 48.5 Å². The van der Waals surface area contributed by atoms with E-state index >= 15 is 0 Å². The zero-order valence-corrected chi connectivity index (χ0v) is 14.4. The third-order valence-corrected chi connectivity index (χ3v) is 4.94. The fraction of sp³-hybridized carbons (Fsp3) is 0.300. The molecule has 0 bridgehead atoms. The number of para-hydroxylation sites is 2. The number of imidazole rings is 1. The summed E-state index contributed by atoms with van der Waals surface area (Å²) < 4.78 is 2.19. The van der Waals surface area contributed by atoms with Crippen LogP contribution in [0.4, 0.5) is 11.6 Å². The van der Waals surface area contributed by atoms with Crippen molar-refractivity contribution in [2.24, 2.45) is 5.73 Å². The van der Waals surface area contributed by atoms with Crippen molar-refractivity contribution in [2.45, 2.75) is 25.1 Å². The second kappa shape index (κ2) is 6.79. The Morgan fingerprint density at radius 1 is 1.19 bits per heavy atom. The zero-order valence-electron chi connectivity index (χ0n) is 14.4. The van der Waals surface area contributed by atoms with Gasteiger partial charge in [-0.15, -0.1) is 0 Å². The molecule has 132 valence electrons. The minimum atomic E-state index is -0.453. The Morgan fingerprint density at radius 2 is 1.96 bits per heavy atom. The maximum atomic E-state index is 9.93. The number of benzene rings is 2. The Morgan fingerprint density at radius 3 is 2.69 bits per heavy atom. The third kappa shape index (κ3) is 3.03. The van der Waals surface area contributed by atoms with Crippen molar-refractivity contribution in [3.8, 4) is 0 Å². The summed E-state index contributed by atoms with van der Waals surface area (Å²) in [5.41, 5.74) is 9.84. The first-order chi connectivity index (χ1) is 12.7. The largest absolute Gasteiger partial charge is 0.391 e. The zero-order chi connectivity index (χ0) is 18.1. The number of hydrogen-bond acceptors (Lipinski definition) is 4. The molecule has 1 fully saturated rings. The second-order valence-corrected chi connectivity index (χ2v) is 6.73. The smallest absolute Gasteiger partial charge is 0.206 e. The summed E-state index contributed by atoms with van der Waals surface area (Å²) in [6.45, 7) is 9.08. The highest BCUT2D eigenvalue weighted by Crippen LogP contribution is 2.26. The summed E-state index contributed by atoms with van der Waals surface area (Å²) in [5.74, 6) is 0.878. The number of nitrogens with zero attached hydrogens (tertiary/aromatic N) is 4. The van der Waals surface area contributed by atoms with E-state index in [-0.39, 0.29) is 6.04 Å². The molecule has 2 heterocycles. The van der Waals surface area contributed by atoms with E-state index in [1.807, 2.05) is 42.5 Å². The number of rotatable bonds is 3. The molecule has 1 saturated heterocycles. The molecule has 0 spiro atoms. The standard InChI is InChI=1S/C20H21N5O/c1-22-15-8-6-14(7-9-15)12-25-18-5-3-2-4-17(18)23-20(25)24-11-10-19(26)16(21)13-24/h2-9,16,19,26H,10-13,21H2/t16-,19-/m0/s1. The molecular weight excluding hydrogens is 326 g/mol. The van der Waals surface area contributed by atoms with Gasteiger partial charge in [0.15, 0.2) is 5.69 Å². The summed E-state index contributed by atoms with van der Waals surface area (Å²) >= 11 is 0. The van der Waals surface area contributed by atoms with E-state index in [2.05, 4.69) is 20.4 Å². The molecule has 6 heteroatoms. The molecule has 6 nitrogen and oxygen atoms in total. The van der Waals surface area contributed by atoms with Gasteiger partial charge in [0.1, 0.15) is 0 Å². The maximum Gasteiger partial charge on any atom is 0.206 e. The molecular formula is C20H21N5O. The van der Waals surface area contributed by atoms with Crippen LogP contribution in [-0.2, 0) is 6.54 Å². The molecule has 3 aromatic rings. The van der Waals surface area contributed by atoms with E-state index in [1.54, 1.807) is 0 Å². The van der Waals surface area contributed by atoms with Gasteiger partial charge in [0.25, 0.3) is 0 Å². The Labute approximate surface area is 152 Å². The number of aliphatic hydroxyl groups is 1. The van der Waals surface area contributed by atoms with Crippen molar-refractivity contribution in [2.75, 3.05) is 18.0 Å². The van der Waals surface area contributed by atoms with Gasteiger partial charge in [-0.1, -0.05) is 36.4 Å². The average molecular weight is 347 g/mol. The number of aliphatic hydroxyl groups excluding tert-OH is 1. The molecule has 1 aromatic heterocycles. The van der Waals surface area contributed by atoms with Crippen molar-refractivity contribution in [1.29, 1.82) is 0 Å². The van der Waals surface area contributed by atoms with Crippen LogP contribution in [0.1, 0.15) is 12.0 Å². The second-order valence-electron chi connectivity index (χ2n) is 6.73. The number of aromatic nitrogens is 2. The lowest BCUT2D eigenvalue weighted by Crippen LogP contribution is -2.52. The maximum absolute atomic E-state index is 9.93. The van der Waals surface area contributed by atoms with Crippen LogP contribution in [0.3, 0.4) is 0 Å². The first-order valence-electron chi connectivity index (χ1n) is 8.76. The van der Waals surface area contributed by atoms with Crippen molar-refractivity contribution in [1.82, 2.24) is 9.55 Å². The molecule has 2 aromatic carbocycles. The lowest BCUT2D eigenvalue weighted by Gasteiger charge is -2.35. The van der Waals surface area contributed by atoms with Gasteiger partial charge in [0.05, 0.1) is 30.3 Å². The minimum Gasteiger partial charge on any atom is -0.391 e. The van der Waals surface area contributed by atoms with Crippen molar-refractivity contribution >= 4 is 22.7 Å². The number of anilines is 1. The van der Waals surface area contributed by atoms with Crippen LogP contribution < -0.4 is 10.6 Å². The van der Waals surface area contributed by atoms with Gasteiger partial charge in [-0.3, -0.25) is 0 Å². The number of fused-ring (bicyclic) bond motifs is 1. The predicted molar refractivity (Wildman–Crippen MR) is 102 cm³/mol. The summed E-state index contributed by atoms with van der Waals surface area (Å²) in [4.78, 5) is 10.4. The molecule has 3 N–H and O–H groups in total. The Bertz CT molecular complexity index is 956. The highest BCUT2D eigenvalue weighted by molar-refractivity contribution is 5.79. The number of piperidine rings is 1. The summed E-state index contributed by atoms with van der Waals surface area (Å²) in [7, 11) is 0. The molecule has 0 saturated carbocycles. The predicted octanol–water partition coefficient (Wildman–Crippen LogP) is 2.53. The molecule has 4 rings (SSSR count). The Hall–Kier alpha value is -2.88. The van der Waals surface area contributed by atoms with Crippen LogP contribution in [0.25, 0.3) is 15.9 Å². The van der Waals surface area contributed by atoms with Crippen LogP contribution in [0, 0.1) is 6.57 Å². The van der Waals surface area contributed by atoms with Crippen molar-refractivity contribution in [3.05, 3.63) is 65.5 Å². The van der Waals surface area contributed by atoms with Gasteiger partial charge in [0.2, 0.25) is 5.95 Å². The van der Waals surface area contributed by atoms with Crippen LogP contribution in [0.2, 0.25) is 0 Å². The first kappa shape index (κ1) is 16.6. The van der Waals surface area contributed by atoms with E-state index in [4.69, 9.17) is 17.3 Å². The van der Waals surface area contributed by atoms with Crippen LogP contribution in [0.5, 0.6) is 0 Å². The van der Waals surface area contributed by atoms with E-state index in [1.165, 1.54) is 0 Å². The van der Waals surface area contributed by atoms with Crippen LogP contribution in [-0.4, -0.2) is 39.9 Å².